The Bertz CT molecular complexity index is 459. The normalized spacial score (nSPS) is 13.6. The van der Waals surface area contributed by atoms with Crippen molar-refractivity contribution in [2.24, 2.45) is 0 Å². The fraction of sp³-hybridized carbons (Fsp3) is 0.684. The van der Waals surface area contributed by atoms with Crippen molar-refractivity contribution in [3.8, 4) is 5.75 Å². The summed E-state index contributed by atoms with van der Waals surface area (Å²) < 4.78 is 5.91. The maximum atomic E-state index is 10.7. The molecule has 0 saturated heterocycles. The third kappa shape index (κ3) is 5.03. The molecule has 0 unspecified atom stereocenters. The molecule has 0 spiro atoms. The number of phenols is 1. The Morgan fingerprint density at radius 3 is 1.48 bits per heavy atom. The zero-order chi connectivity index (χ0) is 16.6. The molecule has 0 aliphatic carbocycles. The van der Waals surface area contributed by atoms with E-state index in [1.807, 2.05) is 0 Å². The Morgan fingerprint density at radius 2 is 1.19 bits per heavy atom. The van der Waals surface area contributed by atoms with Gasteiger partial charge in [0, 0.05) is 0 Å². The minimum atomic E-state index is -0.165. The van der Waals surface area contributed by atoms with Gasteiger partial charge in [0.15, 0.2) is 0 Å². The van der Waals surface area contributed by atoms with Crippen LogP contribution in [0.25, 0.3) is 0 Å². The highest BCUT2D eigenvalue weighted by atomic mass is 16.5. The zero-order valence-electron chi connectivity index (χ0n) is 15.2. The van der Waals surface area contributed by atoms with E-state index in [1.165, 1.54) is 0 Å². The lowest BCUT2D eigenvalue weighted by molar-refractivity contribution is -0.0150. The van der Waals surface area contributed by atoms with Crippen molar-refractivity contribution < 1.29 is 9.84 Å². The molecular weight excluding hydrogens is 260 g/mol. The fourth-order valence-electron chi connectivity index (χ4n) is 2.22. The first-order chi connectivity index (χ1) is 9.22. The minimum Gasteiger partial charge on any atom is -0.507 e. The first-order valence-electron chi connectivity index (χ1n) is 7.72. The lowest BCUT2D eigenvalue weighted by atomic mass is 9.78. The molecule has 0 aliphatic rings. The number of hydrogen-bond acceptors (Lipinski definition) is 2. The Hall–Kier alpha value is -1.02. The minimum absolute atomic E-state index is 0.0954. The molecule has 120 valence electrons. The van der Waals surface area contributed by atoms with E-state index in [0.717, 1.165) is 16.7 Å². The van der Waals surface area contributed by atoms with E-state index in [0.29, 0.717) is 12.4 Å². The second kappa shape index (κ2) is 5.64. The van der Waals surface area contributed by atoms with Gasteiger partial charge in [-0.25, -0.2) is 0 Å². The largest absolute Gasteiger partial charge is 0.507 e. The Morgan fingerprint density at radius 1 is 0.810 bits per heavy atom. The second-order valence-electron chi connectivity index (χ2n) is 8.94. The Kier molecular flexibility index (Phi) is 4.84. The molecule has 0 radical (unpaired) electrons. The summed E-state index contributed by atoms with van der Waals surface area (Å²) >= 11 is 0. The van der Waals surface area contributed by atoms with Crippen molar-refractivity contribution in [2.45, 2.75) is 85.4 Å². The average Bonchev–Trinajstić information content (AvgIpc) is 2.23. The number of aromatic hydroxyl groups is 1. The predicted octanol–water partition coefficient (Wildman–Crippen LogP) is 5.30. The van der Waals surface area contributed by atoms with E-state index in [2.05, 4.69) is 74.4 Å². The van der Waals surface area contributed by atoms with Crippen LogP contribution in [-0.4, -0.2) is 10.7 Å². The van der Waals surface area contributed by atoms with Gasteiger partial charge < -0.3 is 9.84 Å². The number of ether oxygens (including phenoxy) is 1. The summed E-state index contributed by atoms with van der Waals surface area (Å²) in [6, 6.07) is 4.16. The van der Waals surface area contributed by atoms with Crippen LogP contribution in [0.1, 0.15) is 79.0 Å². The molecule has 0 heterocycles. The van der Waals surface area contributed by atoms with Gasteiger partial charge in [0.2, 0.25) is 0 Å². The van der Waals surface area contributed by atoms with Crippen molar-refractivity contribution in [1.29, 1.82) is 0 Å². The van der Waals surface area contributed by atoms with Crippen LogP contribution in [0, 0.1) is 0 Å². The highest BCUT2D eigenvalue weighted by Crippen LogP contribution is 2.40. The lowest BCUT2D eigenvalue weighted by Gasteiger charge is -2.29. The quantitative estimate of drug-likeness (QED) is 0.801. The molecule has 0 bridgehead atoms. The highest BCUT2D eigenvalue weighted by molar-refractivity contribution is 5.49. The summed E-state index contributed by atoms with van der Waals surface area (Å²) in [5, 5.41) is 10.7. The molecular formula is C19H32O2. The van der Waals surface area contributed by atoms with E-state index in [1.54, 1.807) is 0 Å². The number of hydrogen-bond donors (Lipinski definition) is 1. The smallest absolute Gasteiger partial charge is 0.123 e. The highest BCUT2D eigenvalue weighted by Gasteiger charge is 2.26. The Labute approximate surface area is 130 Å². The molecule has 1 rings (SSSR count). The summed E-state index contributed by atoms with van der Waals surface area (Å²) in [6.45, 7) is 19.5. The molecule has 1 aromatic carbocycles. The summed E-state index contributed by atoms with van der Waals surface area (Å²) in [6.07, 6.45) is 0. The van der Waals surface area contributed by atoms with Gasteiger partial charge in [-0.2, -0.15) is 0 Å². The molecule has 0 aliphatic heterocycles. The molecule has 2 nitrogen and oxygen atoms in total. The molecule has 2 heteroatoms. The summed E-state index contributed by atoms with van der Waals surface area (Å²) in [4.78, 5) is 0. The van der Waals surface area contributed by atoms with E-state index in [9.17, 15) is 5.11 Å². The van der Waals surface area contributed by atoms with Crippen molar-refractivity contribution in [3.63, 3.8) is 0 Å². The topological polar surface area (TPSA) is 29.5 Å². The van der Waals surface area contributed by atoms with Gasteiger partial charge in [-0.05, 0) is 60.4 Å². The summed E-state index contributed by atoms with van der Waals surface area (Å²) in [7, 11) is 0. The standard InChI is InChI=1S/C19H32O2/c1-17(2,3)14-10-13(12-21-19(7,8)9)11-15(16(14)20)18(4,5)6/h10-11,20H,12H2,1-9H3. The van der Waals surface area contributed by atoms with Gasteiger partial charge >= 0.3 is 0 Å². The zero-order valence-corrected chi connectivity index (χ0v) is 15.2. The van der Waals surface area contributed by atoms with Crippen LogP contribution in [0.4, 0.5) is 0 Å². The van der Waals surface area contributed by atoms with Crippen LogP contribution in [0.15, 0.2) is 12.1 Å². The third-order valence-corrected chi connectivity index (χ3v) is 3.46. The van der Waals surface area contributed by atoms with E-state index in [4.69, 9.17) is 4.74 Å². The van der Waals surface area contributed by atoms with Crippen molar-refractivity contribution in [2.75, 3.05) is 0 Å². The van der Waals surface area contributed by atoms with Crippen LogP contribution in [0.5, 0.6) is 5.75 Å². The van der Waals surface area contributed by atoms with Crippen molar-refractivity contribution >= 4 is 0 Å². The summed E-state index contributed by atoms with van der Waals surface area (Å²) in [5.41, 5.74) is 2.74. The van der Waals surface area contributed by atoms with Crippen LogP contribution < -0.4 is 0 Å². The molecule has 1 N–H and O–H groups in total. The van der Waals surface area contributed by atoms with Gasteiger partial charge in [0.1, 0.15) is 5.75 Å². The predicted molar refractivity (Wildman–Crippen MR) is 90.0 cm³/mol. The first-order valence-corrected chi connectivity index (χ1v) is 7.72. The van der Waals surface area contributed by atoms with Crippen molar-refractivity contribution in [3.05, 3.63) is 28.8 Å². The van der Waals surface area contributed by atoms with Gasteiger partial charge in [0.05, 0.1) is 12.2 Å². The van der Waals surface area contributed by atoms with Crippen LogP contribution in [-0.2, 0) is 22.2 Å². The maximum Gasteiger partial charge on any atom is 0.123 e. The van der Waals surface area contributed by atoms with Gasteiger partial charge in [0.25, 0.3) is 0 Å². The number of rotatable bonds is 2. The summed E-state index contributed by atoms with van der Waals surface area (Å²) in [5.74, 6) is 0.425. The molecule has 21 heavy (non-hydrogen) atoms. The van der Waals surface area contributed by atoms with Gasteiger partial charge in [-0.3, -0.25) is 0 Å². The van der Waals surface area contributed by atoms with Crippen LogP contribution in [0.3, 0.4) is 0 Å². The Balaban J connectivity index is 3.34. The third-order valence-electron chi connectivity index (χ3n) is 3.46. The maximum absolute atomic E-state index is 10.7. The lowest BCUT2D eigenvalue weighted by Crippen LogP contribution is -2.21. The molecule has 0 amide bonds. The number of phenolic OH excluding ortho intramolecular Hbond substituents is 1. The first kappa shape index (κ1) is 18.0. The molecule has 0 saturated carbocycles. The van der Waals surface area contributed by atoms with Gasteiger partial charge in [-0.1, -0.05) is 41.5 Å². The molecule has 0 atom stereocenters. The van der Waals surface area contributed by atoms with Crippen LogP contribution in [0.2, 0.25) is 0 Å². The molecule has 0 fully saturated rings. The van der Waals surface area contributed by atoms with E-state index >= 15 is 0 Å². The second-order valence-corrected chi connectivity index (χ2v) is 8.94. The molecule has 0 aromatic heterocycles. The SMILES string of the molecule is CC(C)(C)OCc1cc(C(C)(C)C)c(O)c(C(C)(C)C)c1. The fourth-order valence-corrected chi connectivity index (χ4v) is 2.22. The van der Waals surface area contributed by atoms with Crippen LogP contribution >= 0.6 is 0 Å². The average molecular weight is 292 g/mol. The van der Waals surface area contributed by atoms with E-state index in [-0.39, 0.29) is 16.4 Å². The number of benzene rings is 1. The molecule has 1 aromatic rings. The van der Waals surface area contributed by atoms with E-state index < -0.39 is 0 Å². The van der Waals surface area contributed by atoms with Crippen molar-refractivity contribution in [1.82, 2.24) is 0 Å². The monoisotopic (exact) mass is 292 g/mol. The van der Waals surface area contributed by atoms with Gasteiger partial charge in [-0.15, -0.1) is 0 Å².